The Morgan fingerprint density at radius 1 is 1.29 bits per heavy atom. The lowest BCUT2D eigenvalue weighted by Crippen LogP contribution is -2.53. The molecule has 0 N–H and O–H groups in total. The summed E-state index contributed by atoms with van der Waals surface area (Å²) in [4.78, 5) is 31.2. The third-order valence-corrected chi connectivity index (χ3v) is 5.59. The third-order valence-electron chi connectivity index (χ3n) is 5.40. The number of halogens is 1. The van der Waals surface area contributed by atoms with E-state index in [0.717, 1.165) is 19.3 Å². The maximum absolute atomic E-state index is 12.9. The first-order valence-corrected chi connectivity index (χ1v) is 9.71. The second kappa shape index (κ2) is 8.15. The molecule has 2 aromatic rings. The van der Waals surface area contributed by atoms with Crippen LogP contribution in [0.3, 0.4) is 0 Å². The molecule has 1 amide bonds. The summed E-state index contributed by atoms with van der Waals surface area (Å²) in [6, 6.07) is 10.8. The number of hydrogen-bond acceptors (Lipinski definition) is 5. The van der Waals surface area contributed by atoms with Gasteiger partial charge < -0.3 is 9.64 Å². The van der Waals surface area contributed by atoms with E-state index in [4.69, 9.17) is 16.3 Å². The van der Waals surface area contributed by atoms with E-state index in [1.807, 2.05) is 0 Å². The van der Waals surface area contributed by atoms with Gasteiger partial charge in [-0.3, -0.25) is 4.79 Å². The number of likely N-dealkylation sites (N-methyl/N-ethyl adjacent to an activating group) is 1. The Kier molecular flexibility index (Phi) is 5.85. The smallest absolute Gasteiger partial charge is 0.339 e. The molecule has 28 heavy (non-hydrogen) atoms. The molecule has 0 saturated heterocycles. The molecule has 1 aliphatic rings. The number of carbonyl (C=O) groups is 2. The van der Waals surface area contributed by atoms with E-state index in [1.54, 1.807) is 31.3 Å². The lowest BCUT2D eigenvalue weighted by atomic mass is 9.81. The van der Waals surface area contributed by atoms with Crippen LogP contribution >= 0.6 is 11.6 Å². The fraction of sp³-hybridized carbons (Fsp3) is 0.429. The number of hydrogen-bond donors (Lipinski definition) is 0. The van der Waals surface area contributed by atoms with Crippen molar-refractivity contribution in [3.8, 4) is 6.07 Å². The maximum Gasteiger partial charge on any atom is 0.339 e. The minimum absolute atomic E-state index is 0.174. The van der Waals surface area contributed by atoms with Crippen molar-refractivity contribution < 1.29 is 14.3 Å². The molecule has 0 aliphatic heterocycles. The highest BCUT2D eigenvalue weighted by Gasteiger charge is 2.40. The molecule has 146 valence electrons. The second-order valence-corrected chi connectivity index (χ2v) is 7.55. The van der Waals surface area contributed by atoms with Gasteiger partial charge in [0.15, 0.2) is 6.10 Å². The summed E-state index contributed by atoms with van der Waals surface area (Å²) in [6.07, 6.45) is 3.12. The molecule has 3 rings (SSSR count). The summed E-state index contributed by atoms with van der Waals surface area (Å²) in [5.74, 6) is -1.04. The summed E-state index contributed by atoms with van der Waals surface area (Å²) < 4.78 is 5.44. The average molecular weight is 400 g/mol. The second-order valence-electron chi connectivity index (χ2n) is 7.16. The van der Waals surface area contributed by atoms with Gasteiger partial charge in [-0.15, -0.1) is 0 Å². The molecule has 6 nitrogen and oxygen atoms in total. The number of esters is 1. The van der Waals surface area contributed by atoms with Gasteiger partial charge in [-0.05, 0) is 31.9 Å². The summed E-state index contributed by atoms with van der Waals surface area (Å²) in [6.45, 7) is 1.52. The lowest BCUT2D eigenvalue weighted by Gasteiger charge is -2.39. The summed E-state index contributed by atoms with van der Waals surface area (Å²) in [5, 5.41) is 10.5. The Morgan fingerprint density at radius 2 is 1.96 bits per heavy atom. The number of nitriles is 1. The molecule has 0 unspecified atom stereocenters. The van der Waals surface area contributed by atoms with Gasteiger partial charge in [0.25, 0.3) is 5.91 Å². The quantitative estimate of drug-likeness (QED) is 0.570. The lowest BCUT2D eigenvalue weighted by molar-refractivity contribution is -0.143. The SMILES string of the molecule is C[C@H](OC(=O)c1cc(Cl)nc2ccccc12)C(=O)N(C)C1(C#N)CCCCC1. The zero-order chi connectivity index (χ0) is 20.3. The Hall–Kier alpha value is -2.65. The zero-order valence-electron chi connectivity index (χ0n) is 15.9. The van der Waals surface area contributed by atoms with Crippen molar-refractivity contribution in [1.82, 2.24) is 9.88 Å². The van der Waals surface area contributed by atoms with E-state index in [9.17, 15) is 14.9 Å². The minimum atomic E-state index is -1.02. The molecule has 1 aromatic carbocycles. The van der Waals surface area contributed by atoms with Crippen LogP contribution in [0.2, 0.25) is 5.15 Å². The number of pyridine rings is 1. The van der Waals surface area contributed by atoms with Gasteiger partial charge >= 0.3 is 5.97 Å². The third kappa shape index (κ3) is 3.81. The summed E-state index contributed by atoms with van der Waals surface area (Å²) in [7, 11) is 1.61. The predicted octanol–water partition coefficient (Wildman–Crippen LogP) is 4.12. The molecule has 1 aromatic heterocycles. The molecule has 7 heteroatoms. The summed E-state index contributed by atoms with van der Waals surface area (Å²) in [5.41, 5.74) is -0.00267. The van der Waals surface area contributed by atoms with Crippen LogP contribution in [0, 0.1) is 11.3 Å². The van der Waals surface area contributed by atoms with Gasteiger partial charge in [-0.1, -0.05) is 49.1 Å². The molecule has 1 saturated carbocycles. The highest BCUT2D eigenvalue weighted by atomic mass is 35.5. The Bertz CT molecular complexity index is 948. The van der Waals surface area contributed by atoms with Gasteiger partial charge in [0.2, 0.25) is 0 Å². The molecule has 1 atom stereocenters. The monoisotopic (exact) mass is 399 g/mol. The van der Waals surface area contributed by atoms with Crippen molar-refractivity contribution in [3.05, 3.63) is 41.0 Å². The van der Waals surface area contributed by atoms with Crippen molar-refractivity contribution in [2.75, 3.05) is 7.05 Å². The number of rotatable bonds is 4. The number of fused-ring (bicyclic) bond motifs is 1. The van der Waals surface area contributed by atoms with Crippen molar-refractivity contribution in [3.63, 3.8) is 0 Å². The van der Waals surface area contributed by atoms with Crippen LogP contribution in [0.25, 0.3) is 10.9 Å². The van der Waals surface area contributed by atoms with Crippen molar-refractivity contribution >= 4 is 34.4 Å². The first-order chi connectivity index (χ1) is 13.4. The predicted molar refractivity (Wildman–Crippen MR) is 106 cm³/mol. The van der Waals surface area contributed by atoms with Gasteiger partial charge in [0, 0.05) is 12.4 Å². The highest BCUT2D eigenvalue weighted by molar-refractivity contribution is 6.30. The molecule has 0 spiro atoms. The van der Waals surface area contributed by atoms with Crippen molar-refractivity contribution in [1.29, 1.82) is 5.26 Å². The standard InChI is InChI=1S/C21H22ClN3O3/c1-14(19(26)25(2)21(13-23)10-6-3-7-11-21)28-20(27)16-12-18(22)24-17-9-5-4-8-15(16)17/h4-5,8-9,12,14H,3,6-7,10-11H2,1-2H3/t14-/m0/s1. The van der Waals surface area contributed by atoms with Gasteiger partial charge in [-0.2, -0.15) is 5.26 Å². The van der Waals surface area contributed by atoms with Crippen LogP contribution in [0.1, 0.15) is 49.4 Å². The van der Waals surface area contributed by atoms with Crippen molar-refractivity contribution in [2.45, 2.75) is 50.7 Å². The minimum Gasteiger partial charge on any atom is -0.449 e. The van der Waals surface area contributed by atoms with Gasteiger partial charge in [-0.25, -0.2) is 9.78 Å². The molecular weight excluding hydrogens is 378 g/mol. The molecule has 0 radical (unpaired) electrons. The van der Waals surface area contributed by atoms with Crippen LogP contribution in [-0.2, 0) is 9.53 Å². The number of nitrogens with zero attached hydrogens (tertiary/aromatic N) is 3. The Morgan fingerprint density at radius 3 is 2.64 bits per heavy atom. The molecule has 1 heterocycles. The Labute approximate surface area is 169 Å². The molecule has 0 bridgehead atoms. The Balaban J connectivity index is 1.79. The molecule has 1 aliphatic carbocycles. The summed E-state index contributed by atoms with van der Waals surface area (Å²) >= 11 is 6.03. The highest BCUT2D eigenvalue weighted by Crippen LogP contribution is 2.33. The number of carbonyl (C=O) groups excluding carboxylic acids is 2. The van der Waals surface area contributed by atoms with E-state index in [1.165, 1.54) is 17.9 Å². The van der Waals surface area contributed by atoms with E-state index in [2.05, 4.69) is 11.1 Å². The van der Waals surface area contributed by atoms with E-state index >= 15 is 0 Å². The normalized spacial score (nSPS) is 16.8. The number of amides is 1. The number of para-hydroxylation sites is 1. The van der Waals surface area contributed by atoms with Gasteiger partial charge in [0.1, 0.15) is 10.7 Å². The van der Waals surface area contributed by atoms with Crippen LogP contribution in [-0.4, -0.2) is 40.5 Å². The number of ether oxygens (including phenoxy) is 1. The molecular formula is C21H22ClN3O3. The van der Waals surface area contributed by atoms with Crippen LogP contribution in [0.15, 0.2) is 30.3 Å². The van der Waals surface area contributed by atoms with Crippen molar-refractivity contribution in [2.24, 2.45) is 0 Å². The van der Waals surface area contributed by atoms with Crippen LogP contribution in [0.5, 0.6) is 0 Å². The largest absolute Gasteiger partial charge is 0.449 e. The topological polar surface area (TPSA) is 83.3 Å². The zero-order valence-corrected chi connectivity index (χ0v) is 16.7. The van der Waals surface area contributed by atoms with Gasteiger partial charge in [0.05, 0.1) is 17.1 Å². The van der Waals surface area contributed by atoms with Crippen LogP contribution in [0.4, 0.5) is 0 Å². The fourth-order valence-electron chi connectivity index (χ4n) is 3.73. The first-order valence-electron chi connectivity index (χ1n) is 9.33. The van der Waals surface area contributed by atoms with E-state index in [-0.39, 0.29) is 16.6 Å². The van der Waals surface area contributed by atoms with E-state index in [0.29, 0.717) is 23.7 Å². The fourth-order valence-corrected chi connectivity index (χ4v) is 3.93. The average Bonchev–Trinajstić information content (AvgIpc) is 2.72. The first kappa shape index (κ1) is 20.1. The number of benzene rings is 1. The van der Waals surface area contributed by atoms with Crippen LogP contribution < -0.4 is 0 Å². The molecule has 1 fully saturated rings. The number of aromatic nitrogens is 1. The maximum atomic E-state index is 12.9. The van der Waals surface area contributed by atoms with E-state index < -0.39 is 17.6 Å².